The van der Waals surface area contributed by atoms with Crippen LogP contribution in [0.15, 0.2) is 52.2 Å². The zero-order valence-corrected chi connectivity index (χ0v) is 10.2. The van der Waals surface area contributed by atoms with E-state index in [0.29, 0.717) is 13.2 Å². The number of rotatable bonds is 6. The summed E-state index contributed by atoms with van der Waals surface area (Å²) in [7, 11) is 0. The van der Waals surface area contributed by atoms with Crippen LogP contribution in [-0.2, 0) is 11.5 Å². The second-order valence-electron chi connectivity index (χ2n) is 3.78. The molecule has 19 heavy (non-hydrogen) atoms. The summed E-state index contributed by atoms with van der Waals surface area (Å²) in [5.74, 6) is 0.771. The number of nitrogens with one attached hydrogen (secondary N) is 1. The van der Waals surface area contributed by atoms with E-state index in [-0.39, 0.29) is 6.73 Å². The van der Waals surface area contributed by atoms with Crippen LogP contribution in [0, 0.1) is 0 Å². The zero-order valence-electron chi connectivity index (χ0n) is 10.2. The molecule has 100 valence electrons. The monoisotopic (exact) mass is 262 g/mol. The molecule has 0 aliphatic rings. The summed E-state index contributed by atoms with van der Waals surface area (Å²) in [4.78, 5) is 24.3. The molecule has 1 N–H and O–H groups in total. The van der Waals surface area contributed by atoms with Crippen molar-refractivity contribution in [1.29, 1.82) is 0 Å². The summed E-state index contributed by atoms with van der Waals surface area (Å²) >= 11 is 0. The van der Waals surface area contributed by atoms with Gasteiger partial charge in [-0.3, -0.25) is 14.3 Å². The van der Waals surface area contributed by atoms with Gasteiger partial charge < -0.3 is 9.47 Å². The Kier molecular flexibility index (Phi) is 4.52. The Balaban J connectivity index is 1.72. The number of benzene rings is 1. The van der Waals surface area contributed by atoms with Crippen molar-refractivity contribution >= 4 is 0 Å². The topological polar surface area (TPSA) is 73.3 Å². The van der Waals surface area contributed by atoms with Gasteiger partial charge in [0.2, 0.25) is 0 Å². The number of aromatic nitrogens is 2. The van der Waals surface area contributed by atoms with Crippen LogP contribution < -0.4 is 16.0 Å². The molecule has 0 aliphatic heterocycles. The number of para-hydroxylation sites is 1. The summed E-state index contributed by atoms with van der Waals surface area (Å²) < 4.78 is 12.0. The minimum absolute atomic E-state index is 0.0771. The average molecular weight is 262 g/mol. The van der Waals surface area contributed by atoms with Gasteiger partial charge in [-0.25, -0.2) is 4.79 Å². The lowest BCUT2D eigenvalue weighted by Gasteiger charge is -2.08. The SMILES string of the molecule is O=c1ccn(COCCOc2ccccc2)c(=O)[nH]1. The highest BCUT2D eigenvalue weighted by Gasteiger charge is 1.96. The van der Waals surface area contributed by atoms with Gasteiger partial charge in [-0.15, -0.1) is 0 Å². The maximum absolute atomic E-state index is 11.3. The standard InChI is InChI=1S/C13H14N2O4/c16-12-6-7-15(13(17)14-12)10-18-8-9-19-11-4-2-1-3-5-11/h1-7H,8-10H2,(H,14,16,17). The van der Waals surface area contributed by atoms with Gasteiger partial charge in [0.25, 0.3) is 5.56 Å². The summed E-state index contributed by atoms with van der Waals surface area (Å²) in [6.07, 6.45) is 1.39. The largest absolute Gasteiger partial charge is 0.491 e. The van der Waals surface area contributed by atoms with E-state index in [9.17, 15) is 9.59 Å². The highest BCUT2D eigenvalue weighted by Crippen LogP contribution is 2.07. The molecule has 2 aromatic rings. The van der Waals surface area contributed by atoms with Gasteiger partial charge in [0.15, 0.2) is 0 Å². The Labute approximate surface area is 109 Å². The lowest BCUT2D eigenvalue weighted by atomic mass is 10.3. The van der Waals surface area contributed by atoms with Gasteiger partial charge >= 0.3 is 5.69 Å². The lowest BCUT2D eigenvalue weighted by molar-refractivity contribution is 0.0512. The normalized spacial score (nSPS) is 10.3. The fourth-order valence-electron chi connectivity index (χ4n) is 1.44. The fraction of sp³-hybridized carbons (Fsp3) is 0.231. The first kappa shape index (κ1) is 13.1. The van der Waals surface area contributed by atoms with E-state index in [1.54, 1.807) is 0 Å². The van der Waals surface area contributed by atoms with Crippen LogP contribution in [0.3, 0.4) is 0 Å². The maximum atomic E-state index is 11.3. The second kappa shape index (κ2) is 6.55. The molecule has 1 heterocycles. The Morgan fingerprint density at radius 3 is 2.58 bits per heavy atom. The van der Waals surface area contributed by atoms with Gasteiger partial charge in [0.05, 0.1) is 6.61 Å². The summed E-state index contributed by atoms with van der Waals surface area (Å²) in [6.45, 7) is 0.816. The molecule has 2 rings (SSSR count). The number of H-pyrrole nitrogens is 1. The van der Waals surface area contributed by atoms with E-state index in [1.165, 1.54) is 16.8 Å². The molecular weight excluding hydrogens is 248 g/mol. The molecule has 6 heteroatoms. The van der Waals surface area contributed by atoms with Gasteiger partial charge in [-0.05, 0) is 12.1 Å². The van der Waals surface area contributed by atoms with Crippen LogP contribution in [0.2, 0.25) is 0 Å². The van der Waals surface area contributed by atoms with Crippen LogP contribution in [-0.4, -0.2) is 22.8 Å². The molecule has 1 aromatic heterocycles. The van der Waals surface area contributed by atoms with E-state index < -0.39 is 11.2 Å². The lowest BCUT2D eigenvalue weighted by Crippen LogP contribution is -2.29. The third-order valence-electron chi connectivity index (χ3n) is 2.37. The quantitative estimate of drug-likeness (QED) is 0.773. The predicted molar refractivity (Wildman–Crippen MR) is 69.2 cm³/mol. The Hall–Kier alpha value is -2.34. The number of aromatic amines is 1. The van der Waals surface area contributed by atoms with Crippen molar-refractivity contribution in [1.82, 2.24) is 9.55 Å². The van der Waals surface area contributed by atoms with Crippen molar-refractivity contribution in [3.63, 3.8) is 0 Å². The maximum Gasteiger partial charge on any atom is 0.330 e. The molecule has 0 atom stereocenters. The molecule has 0 fully saturated rings. The van der Waals surface area contributed by atoms with E-state index >= 15 is 0 Å². The smallest absolute Gasteiger partial charge is 0.330 e. The molecule has 0 saturated carbocycles. The Morgan fingerprint density at radius 2 is 1.84 bits per heavy atom. The minimum atomic E-state index is -0.489. The molecular formula is C13H14N2O4. The third kappa shape index (κ3) is 4.11. The number of hydrogen-bond donors (Lipinski definition) is 1. The predicted octanol–water partition coefficient (Wildman–Crippen LogP) is 0.590. The number of nitrogens with zero attached hydrogens (tertiary/aromatic N) is 1. The van der Waals surface area contributed by atoms with E-state index in [1.807, 2.05) is 30.3 Å². The molecule has 6 nitrogen and oxygen atoms in total. The van der Waals surface area contributed by atoms with Crippen LogP contribution in [0.5, 0.6) is 5.75 Å². The molecule has 0 bridgehead atoms. The van der Waals surface area contributed by atoms with E-state index in [2.05, 4.69) is 4.98 Å². The molecule has 0 radical (unpaired) electrons. The first-order valence-electron chi connectivity index (χ1n) is 5.81. The van der Waals surface area contributed by atoms with Gasteiger partial charge in [0, 0.05) is 12.3 Å². The van der Waals surface area contributed by atoms with Crippen molar-refractivity contribution < 1.29 is 9.47 Å². The van der Waals surface area contributed by atoms with Gasteiger partial charge in [-0.2, -0.15) is 0 Å². The van der Waals surface area contributed by atoms with Crippen LogP contribution in [0.4, 0.5) is 0 Å². The Morgan fingerprint density at radius 1 is 1.05 bits per heavy atom. The third-order valence-corrected chi connectivity index (χ3v) is 2.37. The average Bonchev–Trinajstić information content (AvgIpc) is 2.42. The zero-order chi connectivity index (χ0) is 13.5. The van der Waals surface area contributed by atoms with Crippen molar-refractivity contribution in [2.45, 2.75) is 6.73 Å². The summed E-state index contributed by atoms with van der Waals surface area (Å²) in [5, 5.41) is 0. The first-order valence-corrected chi connectivity index (χ1v) is 5.81. The second-order valence-corrected chi connectivity index (χ2v) is 3.78. The van der Waals surface area contributed by atoms with Crippen molar-refractivity contribution in [3.05, 3.63) is 63.4 Å². The highest BCUT2D eigenvalue weighted by atomic mass is 16.5. The molecule has 0 saturated heterocycles. The van der Waals surface area contributed by atoms with Crippen LogP contribution >= 0.6 is 0 Å². The molecule has 0 aliphatic carbocycles. The van der Waals surface area contributed by atoms with Gasteiger partial charge in [-0.1, -0.05) is 18.2 Å². The van der Waals surface area contributed by atoms with E-state index in [4.69, 9.17) is 9.47 Å². The van der Waals surface area contributed by atoms with Crippen LogP contribution in [0.1, 0.15) is 0 Å². The number of hydrogen-bond acceptors (Lipinski definition) is 4. The fourth-order valence-corrected chi connectivity index (χ4v) is 1.44. The van der Waals surface area contributed by atoms with Crippen molar-refractivity contribution in [3.8, 4) is 5.75 Å². The minimum Gasteiger partial charge on any atom is -0.491 e. The van der Waals surface area contributed by atoms with E-state index in [0.717, 1.165) is 5.75 Å². The molecule has 0 spiro atoms. The molecule has 0 amide bonds. The molecule has 1 aromatic carbocycles. The highest BCUT2D eigenvalue weighted by molar-refractivity contribution is 5.20. The van der Waals surface area contributed by atoms with Crippen molar-refractivity contribution in [2.24, 2.45) is 0 Å². The van der Waals surface area contributed by atoms with Crippen molar-refractivity contribution in [2.75, 3.05) is 13.2 Å². The summed E-state index contributed by atoms with van der Waals surface area (Å²) in [6, 6.07) is 10.7. The molecule has 0 unspecified atom stereocenters. The van der Waals surface area contributed by atoms with Gasteiger partial charge in [0.1, 0.15) is 19.1 Å². The summed E-state index contributed by atoms with van der Waals surface area (Å²) in [5.41, 5.74) is -0.912. The van der Waals surface area contributed by atoms with Crippen LogP contribution in [0.25, 0.3) is 0 Å². The first-order chi connectivity index (χ1) is 9.25. The number of ether oxygens (including phenoxy) is 2. The Bertz CT molecular complexity index is 618.